The van der Waals surface area contributed by atoms with Crippen LogP contribution < -0.4 is 0 Å². The average molecular weight is 444 g/mol. The number of benzene rings is 2. The van der Waals surface area contributed by atoms with Crippen LogP contribution in [0, 0.1) is 12.8 Å². The normalized spacial score (nSPS) is 15.5. The molecule has 0 spiro atoms. The zero-order chi connectivity index (χ0) is 22.9. The van der Waals surface area contributed by atoms with Crippen LogP contribution in [0.4, 0.5) is 13.2 Å². The number of nitrogens with zero attached hydrogens (tertiary/aromatic N) is 3. The Bertz CT molecular complexity index is 1090. The van der Waals surface area contributed by atoms with Crippen molar-refractivity contribution in [1.82, 2.24) is 14.5 Å². The average Bonchev–Trinajstić information content (AvgIpc) is 3.09. The van der Waals surface area contributed by atoms with Gasteiger partial charge in [0.05, 0.1) is 16.6 Å². The largest absolute Gasteiger partial charge is 0.416 e. The van der Waals surface area contributed by atoms with Crippen LogP contribution in [0.15, 0.2) is 42.5 Å². The molecular weight excluding hydrogens is 415 g/mol. The predicted octanol–water partition coefficient (Wildman–Crippen LogP) is 5.60. The summed E-state index contributed by atoms with van der Waals surface area (Å²) in [6.07, 6.45) is -1.45. The molecule has 3 aromatic rings. The molecule has 4 nitrogen and oxygen atoms in total. The maximum absolute atomic E-state index is 12.9. The van der Waals surface area contributed by atoms with Crippen molar-refractivity contribution in [3.05, 3.63) is 65.0 Å². The Morgan fingerprint density at radius 3 is 2.41 bits per heavy atom. The highest BCUT2D eigenvalue weighted by Crippen LogP contribution is 2.30. The molecule has 7 heteroatoms. The number of fused-ring (bicyclic) bond motifs is 1. The van der Waals surface area contributed by atoms with Crippen LogP contribution in [-0.4, -0.2) is 33.4 Å². The molecule has 0 radical (unpaired) electrons. The number of likely N-dealkylation sites (tertiary alicyclic amines) is 1. The summed E-state index contributed by atoms with van der Waals surface area (Å²) in [4.78, 5) is 18.8. The highest BCUT2D eigenvalue weighted by atomic mass is 19.4. The molecule has 2 aromatic carbocycles. The van der Waals surface area contributed by atoms with E-state index in [1.165, 1.54) is 12.1 Å². The third-order valence-electron chi connectivity index (χ3n) is 6.34. The first-order chi connectivity index (χ1) is 15.2. The van der Waals surface area contributed by atoms with E-state index >= 15 is 0 Å². The van der Waals surface area contributed by atoms with Gasteiger partial charge in [0.1, 0.15) is 5.82 Å². The van der Waals surface area contributed by atoms with E-state index in [1.54, 1.807) is 0 Å². The van der Waals surface area contributed by atoms with E-state index in [1.807, 2.05) is 24.8 Å². The SMILES string of the molecule is CCC(=O)N1CCC(Cn2c(Cc3ccc(C(F)(F)F)cc3)nc3cc(C)ccc32)CC1. The first-order valence-electron chi connectivity index (χ1n) is 11.1. The van der Waals surface area contributed by atoms with Gasteiger partial charge in [-0.25, -0.2) is 4.98 Å². The van der Waals surface area contributed by atoms with Crippen molar-refractivity contribution in [2.45, 2.75) is 52.3 Å². The monoisotopic (exact) mass is 443 g/mol. The lowest BCUT2D eigenvalue weighted by atomic mass is 9.96. The molecule has 1 aromatic heterocycles. The lowest BCUT2D eigenvalue weighted by Gasteiger charge is -2.32. The van der Waals surface area contributed by atoms with Crippen molar-refractivity contribution >= 4 is 16.9 Å². The number of rotatable bonds is 5. The Morgan fingerprint density at radius 2 is 1.78 bits per heavy atom. The summed E-state index contributed by atoms with van der Waals surface area (Å²) < 4.78 is 40.9. The number of amides is 1. The standard InChI is InChI=1S/C25H28F3N3O/c1-3-24(32)30-12-10-19(11-13-30)16-31-22-9-4-17(2)14-21(22)29-23(31)15-18-5-7-20(8-6-18)25(26,27)28/h4-9,14,19H,3,10-13,15-16H2,1-2H3. The number of hydrogen-bond donors (Lipinski definition) is 0. The summed E-state index contributed by atoms with van der Waals surface area (Å²) in [5, 5.41) is 0. The van der Waals surface area contributed by atoms with E-state index in [9.17, 15) is 18.0 Å². The Labute approximate surface area is 186 Å². The summed E-state index contributed by atoms with van der Waals surface area (Å²) in [5.74, 6) is 1.49. The zero-order valence-corrected chi connectivity index (χ0v) is 18.5. The van der Waals surface area contributed by atoms with Gasteiger partial charge in [0.15, 0.2) is 0 Å². The molecule has 1 aliphatic heterocycles. The smallest absolute Gasteiger partial charge is 0.343 e. The van der Waals surface area contributed by atoms with Gasteiger partial charge in [-0.3, -0.25) is 4.79 Å². The Balaban J connectivity index is 1.58. The predicted molar refractivity (Wildman–Crippen MR) is 118 cm³/mol. The minimum absolute atomic E-state index is 0.204. The molecule has 0 aliphatic carbocycles. The van der Waals surface area contributed by atoms with Gasteiger partial charge in [-0.05, 0) is 61.1 Å². The molecule has 4 rings (SSSR count). The highest BCUT2D eigenvalue weighted by molar-refractivity contribution is 5.77. The van der Waals surface area contributed by atoms with Crippen molar-refractivity contribution in [2.24, 2.45) is 5.92 Å². The Kier molecular flexibility index (Phi) is 6.26. The van der Waals surface area contributed by atoms with Crippen molar-refractivity contribution in [3.63, 3.8) is 0 Å². The lowest BCUT2D eigenvalue weighted by molar-refractivity contribution is -0.137. The number of hydrogen-bond acceptors (Lipinski definition) is 2. The zero-order valence-electron chi connectivity index (χ0n) is 18.5. The second-order valence-electron chi connectivity index (χ2n) is 8.68. The second kappa shape index (κ2) is 8.96. The van der Waals surface area contributed by atoms with E-state index in [4.69, 9.17) is 4.98 Å². The molecule has 170 valence electrons. The number of carbonyl (C=O) groups is 1. The first kappa shape index (κ1) is 22.4. The van der Waals surface area contributed by atoms with E-state index in [0.29, 0.717) is 18.8 Å². The molecule has 1 fully saturated rings. The van der Waals surface area contributed by atoms with Crippen LogP contribution in [0.2, 0.25) is 0 Å². The molecule has 1 saturated heterocycles. The van der Waals surface area contributed by atoms with Crippen molar-refractivity contribution in [3.8, 4) is 0 Å². The van der Waals surface area contributed by atoms with Gasteiger partial charge < -0.3 is 9.47 Å². The first-order valence-corrected chi connectivity index (χ1v) is 11.1. The van der Waals surface area contributed by atoms with Gasteiger partial charge in [0.25, 0.3) is 0 Å². The fraction of sp³-hybridized carbons (Fsp3) is 0.440. The van der Waals surface area contributed by atoms with E-state index < -0.39 is 11.7 Å². The third kappa shape index (κ3) is 4.81. The maximum atomic E-state index is 12.9. The molecule has 0 bridgehead atoms. The van der Waals surface area contributed by atoms with E-state index in [0.717, 1.165) is 72.6 Å². The van der Waals surface area contributed by atoms with Gasteiger partial charge in [-0.1, -0.05) is 25.1 Å². The number of aryl methyl sites for hydroxylation is 1. The van der Waals surface area contributed by atoms with Crippen LogP contribution in [0.5, 0.6) is 0 Å². The summed E-state index contributed by atoms with van der Waals surface area (Å²) in [6, 6.07) is 11.5. The fourth-order valence-electron chi connectivity index (χ4n) is 4.47. The molecule has 32 heavy (non-hydrogen) atoms. The van der Waals surface area contributed by atoms with Crippen LogP contribution in [-0.2, 0) is 23.9 Å². The second-order valence-corrected chi connectivity index (χ2v) is 8.68. The summed E-state index contributed by atoms with van der Waals surface area (Å²) in [5.41, 5.74) is 3.23. The van der Waals surface area contributed by atoms with Crippen molar-refractivity contribution < 1.29 is 18.0 Å². The van der Waals surface area contributed by atoms with E-state index in [2.05, 4.69) is 16.7 Å². The van der Waals surface area contributed by atoms with Crippen molar-refractivity contribution in [1.29, 1.82) is 0 Å². The minimum atomic E-state index is -4.34. The molecule has 0 atom stereocenters. The van der Waals surface area contributed by atoms with Crippen LogP contribution >= 0.6 is 0 Å². The maximum Gasteiger partial charge on any atom is 0.416 e. The van der Waals surface area contributed by atoms with Crippen LogP contribution in [0.3, 0.4) is 0 Å². The summed E-state index contributed by atoms with van der Waals surface area (Å²) in [7, 11) is 0. The quantitative estimate of drug-likeness (QED) is 0.515. The molecule has 0 saturated carbocycles. The third-order valence-corrected chi connectivity index (χ3v) is 6.34. The topological polar surface area (TPSA) is 38.1 Å². The number of carbonyl (C=O) groups excluding carboxylic acids is 1. The number of imidazole rings is 1. The molecule has 0 unspecified atom stereocenters. The van der Waals surface area contributed by atoms with Gasteiger partial charge in [0, 0.05) is 32.5 Å². The lowest BCUT2D eigenvalue weighted by Crippen LogP contribution is -2.39. The number of piperidine rings is 1. The molecule has 0 N–H and O–H groups in total. The Hall–Kier alpha value is -2.83. The summed E-state index contributed by atoms with van der Waals surface area (Å²) >= 11 is 0. The van der Waals surface area contributed by atoms with Crippen molar-refractivity contribution in [2.75, 3.05) is 13.1 Å². The highest BCUT2D eigenvalue weighted by Gasteiger charge is 2.30. The molecule has 2 heterocycles. The van der Waals surface area contributed by atoms with Gasteiger partial charge in [0.2, 0.25) is 5.91 Å². The molecular formula is C25H28F3N3O. The molecule has 1 amide bonds. The van der Waals surface area contributed by atoms with Gasteiger partial charge in [-0.2, -0.15) is 13.2 Å². The van der Waals surface area contributed by atoms with Gasteiger partial charge in [-0.15, -0.1) is 0 Å². The van der Waals surface area contributed by atoms with Gasteiger partial charge >= 0.3 is 6.18 Å². The van der Waals surface area contributed by atoms with E-state index in [-0.39, 0.29) is 5.91 Å². The minimum Gasteiger partial charge on any atom is -0.343 e. The fourth-order valence-corrected chi connectivity index (χ4v) is 4.47. The number of aromatic nitrogens is 2. The number of halogens is 3. The Morgan fingerprint density at radius 1 is 1.09 bits per heavy atom. The number of alkyl halides is 3. The van der Waals surface area contributed by atoms with Crippen LogP contribution in [0.1, 0.15) is 48.7 Å². The molecule has 1 aliphatic rings. The van der Waals surface area contributed by atoms with Crippen LogP contribution in [0.25, 0.3) is 11.0 Å². The summed E-state index contributed by atoms with van der Waals surface area (Å²) in [6.45, 7) is 6.26.